The molecular formula is C11H10FN5O. The minimum atomic E-state index is -0.484. The van der Waals surface area contributed by atoms with Crippen LogP contribution in [-0.2, 0) is 4.79 Å². The number of aromatic nitrogens is 4. The van der Waals surface area contributed by atoms with E-state index in [-0.39, 0.29) is 11.6 Å². The maximum atomic E-state index is 13.7. The Morgan fingerprint density at radius 2 is 2.33 bits per heavy atom. The van der Waals surface area contributed by atoms with E-state index in [1.807, 2.05) is 0 Å². The van der Waals surface area contributed by atoms with Crippen molar-refractivity contribution in [3.8, 4) is 5.69 Å². The minimum absolute atomic E-state index is 0.166. The molecule has 1 N–H and O–H groups in total. The van der Waals surface area contributed by atoms with Crippen molar-refractivity contribution < 1.29 is 9.18 Å². The van der Waals surface area contributed by atoms with E-state index in [1.54, 1.807) is 6.92 Å². The van der Waals surface area contributed by atoms with Crippen molar-refractivity contribution in [2.45, 2.75) is 6.92 Å². The van der Waals surface area contributed by atoms with E-state index in [0.29, 0.717) is 11.5 Å². The van der Waals surface area contributed by atoms with E-state index < -0.39 is 5.82 Å². The first-order valence-electron chi connectivity index (χ1n) is 5.10. The topological polar surface area (TPSA) is 72.7 Å². The van der Waals surface area contributed by atoms with Crippen molar-refractivity contribution in [1.82, 2.24) is 20.2 Å². The maximum Gasteiger partial charge on any atom is 0.247 e. The second kappa shape index (κ2) is 4.74. The molecule has 0 unspecified atom stereocenters. The lowest BCUT2D eigenvalue weighted by atomic mass is 10.2. The Bertz CT molecular complexity index is 607. The lowest BCUT2D eigenvalue weighted by molar-refractivity contribution is -0.111. The molecule has 0 aliphatic heterocycles. The summed E-state index contributed by atoms with van der Waals surface area (Å²) in [6.45, 7) is 4.98. The van der Waals surface area contributed by atoms with E-state index >= 15 is 0 Å². The molecule has 2 rings (SSSR count). The summed E-state index contributed by atoms with van der Waals surface area (Å²) >= 11 is 0. The number of carbonyl (C=O) groups excluding carboxylic acids is 1. The van der Waals surface area contributed by atoms with Crippen LogP contribution < -0.4 is 5.32 Å². The highest BCUT2D eigenvalue weighted by Gasteiger charge is 2.10. The predicted molar refractivity (Wildman–Crippen MR) is 62.7 cm³/mol. The molecule has 0 atom stereocenters. The summed E-state index contributed by atoms with van der Waals surface area (Å²) in [6.07, 6.45) is 1.13. The molecule has 0 aliphatic rings. The van der Waals surface area contributed by atoms with Crippen LogP contribution >= 0.6 is 0 Å². The molecule has 0 bridgehead atoms. The highest BCUT2D eigenvalue weighted by Crippen LogP contribution is 2.18. The second-order valence-electron chi connectivity index (χ2n) is 3.50. The molecule has 0 spiro atoms. The zero-order valence-electron chi connectivity index (χ0n) is 9.59. The van der Waals surface area contributed by atoms with Crippen LogP contribution in [0.5, 0.6) is 0 Å². The van der Waals surface area contributed by atoms with Gasteiger partial charge in [-0.05, 0) is 41.6 Å². The van der Waals surface area contributed by atoms with Gasteiger partial charge in [-0.25, -0.2) is 4.39 Å². The van der Waals surface area contributed by atoms with Gasteiger partial charge in [0.1, 0.15) is 11.5 Å². The van der Waals surface area contributed by atoms with Crippen LogP contribution in [0.25, 0.3) is 5.69 Å². The van der Waals surface area contributed by atoms with Gasteiger partial charge >= 0.3 is 0 Å². The van der Waals surface area contributed by atoms with E-state index in [9.17, 15) is 9.18 Å². The van der Waals surface area contributed by atoms with Crippen molar-refractivity contribution in [3.63, 3.8) is 0 Å². The van der Waals surface area contributed by atoms with Gasteiger partial charge in [-0.2, -0.15) is 4.68 Å². The first-order chi connectivity index (χ1) is 8.61. The van der Waals surface area contributed by atoms with E-state index in [0.717, 1.165) is 6.08 Å². The molecule has 7 heteroatoms. The Labute approximate surface area is 102 Å². The number of aryl methyl sites for hydroxylation is 1. The number of tetrazole rings is 1. The summed E-state index contributed by atoms with van der Waals surface area (Å²) in [5.41, 5.74) is 0.602. The summed E-state index contributed by atoms with van der Waals surface area (Å²) in [5, 5.41) is 13.3. The number of anilines is 1. The Morgan fingerprint density at radius 1 is 1.56 bits per heavy atom. The molecule has 0 aliphatic carbocycles. The van der Waals surface area contributed by atoms with Crippen molar-refractivity contribution in [3.05, 3.63) is 42.5 Å². The summed E-state index contributed by atoms with van der Waals surface area (Å²) in [7, 11) is 0. The third-order valence-corrected chi connectivity index (χ3v) is 2.25. The summed E-state index contributed by atoms with van der Waals surface area (Å²) in [5.74, 6) is -0.413. The van der Waals surface area contributed by atoms with Crippen molar-refractivity contribution in [2.24, 2.45) is 0 Å². The average Bonchev–Trinajstić information content (AvgIpc) is 2.77. The van der Waals surface area contributed by atoms with Crippen molar-refractivity contribution in [1.29, 1.82) is 0 Å². The highest BCUT2D eigenvalue weighted by molar-refractivity contribution is 5.99. The smallest absolute Gasteiger partial charge is 0.247 e. The van der Waals surface area contributed by atoms with E-state index in [1.165, 1.54) is 22.9 Å². The zero-order valence-corrected chi connectivity index (χ0v) is 9.59. The van der Waals surface area contributed by atoms with Gasteiger partial charge in [0, 0.05) is 5.69 Å². The maximum absolute atomic E-state index is 13.7. The number of nitrogens with zero attached hydrogens (tertiary/aromatic N) is 4. The monoisotopic (exact) mass is 247 g/mol. The van der Waals surface area contributed by atoms with Crippen LogP contribution in [-0.4, -0.2) is 26.1 Å². The van der Waals surface area contributed by atoms with Gasteiger partial charge < -0.3 is 5.32 Å². The molecule has 2 aromatic rings. The summed E-state index contributed by atoms with van der Waals surface area (Å²) in [4.78, 5) is 11.2. The van der Waals surface area contributed by atoms with Gasteiger partial charge in [-0.3, -0.25) is 4.79 Å². The van der Waals surface area contributed by atoms with Gasteiger partial charge in [-0.1, -0.05) is 6.58 Å². The fourth-order valence-electron chi connectivity index (χ4n) is 1.40. The zero-order chi connectivity index (χ0) is 13.1. The fourth-order valence-corrected chi connectivity index (χ4v) is 1.40. The molecule has 92 valence electrons. The fraction of sp³-hybridized carbons (Fsp3) is 0.0909. The first-order valence-corrected chi connectivity index (χ1v) is 5.10. The number of halogens is 1. The van der Waals surface area contributed by atoms with Crippen LogP contribution in [0.2, 0.25) is 0 Å². The van der Waals surface area contributed by atoms with Crippen LogP contribution in [0, 0.1) is 12.7 Å². The molecule has 18 heavy (non-hydrogen) atoms. The molecule has 1 aromatic heterocycles. The molecule has 0 radical (unpaired) electrons. The van der Waals surface area contributed by atoms with Crippen LogP contribution in [0.4, 0.5) is 10.1 Å². The average molecular weight is 247 g/mol. The quantitative estimate of drug-likeness (QED) is 0.828. The van der Waals surface area contributed by atoms with Gasteiger partial charge in [-0.15, -0.1) is 5.10 Å². The van der Waals surface area contributed by atoms with Gasteiger partial charge in [0.15, 0.2) is 5.82 Å². The molecule has 1 aromatic carbocycles. The highest BCUT2D eigenvalue weighted by atomic mass is 19.1. The molecule has 6 nitrogen and oxygen atoms in total. The third-order valence-electron chi connectivity index (χ3n) is 2.25. The number of hydrogen-bond donors (Lipinski definition) is 1. The Hall–Kier alpha value is -2.57. The van der Waals surface area contributed by atoms with Crippen molar-refractivity contribution >= 4 is 11.6 Å². The third kappa shape index (κ3) is 2.24. The standard InChI is InChI=1S/C11H10FN5O/c1-3-11(18)13-8-4-5-9(12)10(6-8)17-7(2)14-15-16-17/h3-6H,1H2,2H3,(H,13,18). The van der Waals surface area contributed by atoms with Crippen LogP contribution in [0.1, 0.15) is 5.82 Å². The predicted octanol–water partition coefficient (Wildman–Crippen LogP) is 1.23. The first kappa shape index (κ1) is 11.9. The van der Waals surface area contributed by atoms with Gasteiger partial charge in [0.05, 0.1) is 0 Å². The largest absolute Gasteiger partial charge is 0.322 e. The molecule has 1 heterocycles. The normalized spacial score (nSPS) is 10.1. The summed E-state index contributed by atoms with van der Waals surface area (Å²) < 4.78 is 14.9. The van der Waals surface area contributed by atoms with Gasteiger partial charge in [0.2, 0.25) is 5.91 Å². The van der Waals surface area contributed by atoms with E-state index in [2.05, 4.69) is 27.4 Å². The number of rotatable bonds is 3. The van der Waals surface area contributed by atoms with Gasteiger partial charge in [0.25, 0.3) is 0 Å². The molecule has 1 amide bonds. The van der Waals surface area contributed by atoms with Crippen LogP contribution in [0.15, 0.2) is 30.9 Å². The number of hydrogen-bond acceptors (Lipinski definition) is 4. The van der Waals surface area contributed by atoms with E-state index in [4.69, 9.17) is 0 Å². The minimum Gasteiger partial charge on any atom is -0.322 e. The molecule has 0 saturated heterocycles. The molecule has 0 fully saturated rings. The Balaban J connectivity index is 2.42. The number of carbonyl (C=O) groups is 1. The summed E-state index contributed by atoms with van der Waals surface area (Å²) in [6, 6.07) is 4.12. The lowest BCUT2D eigenvalue weighted by Crippen LogP contribution is -2.09. The second-order valence-corrected chi connectivity index (χ2v) is 3.50. The lowest BCUT2D eigenvalue weighted by Gasteiger charge is -2.07. The molecular weight excluding hydrogens is 237 g/mol. The van der Waals surface area contributed by atoms with Crippen LogP contribution in [0.3, 0.4) is 0 Å². The SMILES string of the molecule is C=CC(=O)Nc1ccc(F)c(-n2nnnc2C)c1. The number of nitrogens with one attached hydrogen (secondary N) is 1. The Morgan fingerprint density at radius 3 is 2.94 bits per heavy atom. The van der Waals surface area contributed by atoms with Crippen molar-refractivity contribution in [2.75, 3.05) is 5.32 Å². The molecule has 0 saturated carbocycles. The number of amides is 1. The number of benzene rings is 1. The Kier molecular flexibility index (Phi) is 3.13.